The zero-order valence-corrected chi connectivity index (χ0v) is 11.7. The molecule has 0 fully saturated rings. The molecule has 1 atom stereocenters. The molecule has 1 aromatic rings. The predicted octanol–water partition coefficient (Wildman–Crippen LogP) is 1.92. The van der Waals surface area contributed by atoms with Gasteiger partial charge in [-0.2, -0.15) is 11.8 Å². The number of non-ortho nitro benzene ring substituents is 1. The Morgan fingerprint density at radius 3 is 2.79 bits per heavy atom. The van der Waals surface area contributed by atoms with E-state index in [2.05, 4.69) is 5.32 Å². The molecule has 1 aromatic carbocycles. The Morgan fingerprint density at radius 2 is 2.26 bits per heavy atom. The number of benzene rings is 1. The smallest absolute Gasteiger partial charge is 0.269 e. The van der Waals surface area contributed by atoms with Crippen molar-refractivity contribution in [1.82, 2.24) is 0 Å². The summed E-state index contributed by atoms with van der Waals surface area (Å²) >= 11 is 1.63. The van der Waals surface area contributed by atoms with Crippen LogP contribution in [-0.2, 0) is 4.79 Å². The molecule has 0 aliphatic heterocycles. The number of nitro groups is 1. The molecule has 3 N–H and O–H groups in total. The molecule has 0 saturated carbocycles. The van der Waals surface area contributed by atoms with Crippen molar-refractivity contribution in [2.24, 2.45) is 5.73 Å². The predicted molar refractivity (Wildman–Crippen MR) is 77.4 cm³/mol. The van der Waals surface area contributed by atoms with Crippen LogP contribution in [0.5, 0.6) is 0 Å². The number of nitrogens with one attached hydrogen (secondary N) is 1. The zero-order chi connectivity index (χ0) is 14.4. The van der Waals surface area contributed by atoms with Crippen LogP contribution in [0.2, 0.25) is 0 Å². The highest BCUT2D eigenvalue weighted by atomic mass is 32.2. The lowest BCUT2D eigenvalue weighted by atomic mass is 10.1. The lowest BCUT2D eigenvalue weighted by molar-refractivity contribution is -0.384. The van der Waals surface area contributed by atoms with Crippen LogP contribution in [0.25, 0.3) is 0 Å². The molecule has 0 aromatic heterocycles. The summed E-state index contributed by atoms with van der Waals surface area (Å²) in [5.41, 5.74) is 6.94. The van der Waals surface area contributed by atoms with E-state index in [0.29, 0.717) is 17.7 Å². The van der Waals surface area contributed by atoms with Crippen LogP contribution in [0.15, 0.2) is 18.2 Å². The highest BCUT2D eigenvalue weighted by molar-refractivity contribution is 7.98. The van der Waals surface area contributed by atoms with Crippen molar-refractivity contribution >= 4 is 29.0 Å². The van der Waals surface area contributed by atoms with E-state index in [9.17, 15) is 14.9 Å². The summed E-state index contributed by atoms with van der Waals surface area (Å²) in [5.74, 6) is 0.541. The highest BCUT2D eigenvalue weighted by Gasteiger charge is 2.15. The van der Waals surface area contributed by atoms with Gasteiger partial charge in [-0.1, -0.05) is 0 Å². The van der Waals surface area contributed by atoms with Gasteiger partial charge in [0.2, 0.25) is 5.91 Å². The number of aryl methyl sites for hydroxylation is 1. The summed E-state index contributed by atoms with van der Waals surface area (Å²) in [6.07, 6.45) is 2.55. The van der Waals surface area contributed by atoms with Crippen molar-refractivity contribution < 1.29 is 9.72 Å². The topological polar surface area (TPSA) is 98.3 Å². The van der Waals surface area contributed by atoms with Gasteiger partial charge in [-0.05, 0) is 37.0 Å². The third-order valence-electron chi connectivity index (χ3n) is 2.65. The second-order valence-electron chi connectivity index (χ2n) is 4.13. The molecule has 1 amide bonds. The van der Waals surface area contributed by atoms with E-state index in [0.717, 1.165) is 5.75 Å². The van der Waals surface area contributed by atoms with Gasteiger partial charge in [0.05, 0.1) is 11.0 Å². The maximum Gasteiger partial charge on any atom is 0.269 e. The number of hydrogen-bond acceptors (Lipinski definition) is 5. The normalized spacial score (nSPS) is 11.9. The molecule has 7 heteroatoms. The van der Waals surface area contributed by atoms with Gasteiger partial charge in [0.1, 0.15) is 0 Å². The molecule has 0 unspecified atom stereocenters. The van der Waals surface area contributed by atoms with Crippen molar-refractivity contribution in [3.8, 4) is 0 Å². The van der Waals surface area contributed by atoms with E-state index < -0.39 is 11.0 Å². The average Bonchev–Trinajstić information content (AvgIpc) is 2.37. The Labute approximate surface area is 115 Å². The van der Waals surface area contributed by atoms with Gasteiger partial charge in [0.25, 0.3) is 5.69 Å². The van der Waals surface area contributed by atoms with Gasteiger partial charge in [-0.25, -0.2) is 0 Å². The summed E-state index contributed by atoms with van der Waals surface area (Å²) in [7, 11) is 0. The zero-order valence-electron chi connectivity index (χ0n) is 10.9. The Bertz CT molecular complexity index is 479. The molecule has 0 bridgehead atoms. The maximum atomic E-state index is 11.8. The molecule has 0 radical (unpaired) electrons. The van der Waals surface area contributed by atoms with E-state index in [4.69, 9.17) is 5.73 Å². The first-order valence-electron chi connectivity index (χ1n) is 5.76. The summed E-state index contributed by atoms with van der Waals surface area (Å²) < 4.78 is 0. The van der Waals surface area contributed by atoms with Crippen LogP contribution < -0.4 is 11.1 Å². The number of nitrogens with two attached hydrogens (primary N) is 1. The monoisotopic (exact) mass is 283 g/mol. The van der Waals surface area contributed by atoms with Crippen LogP contribution >= 0.6 is 11.8 Å². The first-order valence-corrected chi connectivity index (χ1v) is 7.15. The number of amides is 1. The number of nitrogens with zero attached hydrogens (tertiary/aromatic N) is 1. The lowest BCUT2D eigenvalue weighted by Gasteiger charge is -2.13. The van der Waals surface area contributed by atoms with Crippen molar-refractivity contribution in [2.45, 2.75) is 19.4 Å². The molecule has 104 valence electrons. The van der Waals surface area contributed by atoms with E-state index >= 15 is 0 Å². The van der Waals surface area contributed by atoms with E-state index in [1.807, 2.05) is 6.26 Å². The summed E-state index contributed by atoms with van der Waals surface area (Å²) in [5, 5.41) is 13.3. The lowest BCUT2D eigenvalue weighted by Crippen LogP contribution is -2.36. The van der Waals surface area contributed by atoms with Crippen LogP contribution in [0.1, 0.15) is 12.0 Å². The number of hydrogen-bond donors (Lipinski definition) is 2. The largest absolute Gasteiger partial charge is 0.324 e. The fraction of sp³-hybridized carbons (Fsp3) is 0.417. The quantitative estimate of drug-likeness (QED) is 0.614. The first-order chi connectivity index (χ1) is 8.95. The van der Waals surface area contributed by atoms with Crippen LogP contribution in [0, 0.1) is 17.0 Å². The Morgan fingerprint density at radius 1 is 1.58 bits per heavy atom. The summed E-state index contributed by atoms with van der Waals surface area (Å²) in [6.45, 7) is 1.70. The Kier molecular flexibility index (Phi) is 5.78. The molecule has 0 spiro atoms. The minimum atomic E-state index is -0.568. The van der Waals surface area contributed by atoms with Gasteiger partial charge in [0.15, 0.2) is 0 Å². The van der Waals surface area contributed by atoms with Crippen molar-refractivity contribution in [3.63, 3.8) is 0 Å². The third kappa shape index (κ3) is 4.53. The van der Waals surface area contributed by atoms with Crippen LogP contribution in [0.3, 0.4) is 0 Å². The number of carbonyl (C=O) groups excluding carboxylic acids is 1. The van der Waals surface area contributed by atoms with E-state index in [1.165, 1.54) is 18.2 Å². The van der Waals surface area contributed by atoms with E-state index in [-0.39, 0.29) is 11.6 Å². The van der Waals surface area contributed by atoms with Gasteiger partial charge in [-0.15, -0.1) is 0 Å². The van der Waals surface area contributed by atoms with Crippen molar-refractivity contribution in [3.05, 3.63) is 33.9 Å². The van der Waals surface area contributed by atoms with Crippen LogP contribution in [0.4, 0.5) is 11.4 Å². The van der Waals surface area contributed by atoms with Gasteiger partial charge >= 0.3 is 0 Å². The summed E-state index contributed by atoms with van der Waals surface area (Å²) in [6, 6.07) is 3.73. The molecule has 1 rings (SSSR count). The molecule has 0 saturated heterocycles. The third-order valence-corrected chi connectivity index (χ3v) is 3.29. The average molecular weight is 283 g/mol. The van der Waals surface area contributed by atoms with Gasteiger partial charge in [0, 0.05) is 17.8 Å². The number of anilines is 1. The van der Waals surface area contributed by atoms with Gasteiger partial charge < -0.3 is 11.1 Å². The number of carbonyl (C=O) groups is 1. The molecular formula is C12H17N3O3S. The fourth-order valence-electron chi connectivity index (χ4n) is 1.50. The summed E-state index contributed by atoms with van der Waals surface area (Å²) in [4.78, 5) is 21.9. The fourth-order valence-corrected chi connectivity index (χ4v) is 1.99. The second-order valence-corrected chi connectivity index (χ2v) is 5.12. The molecular weight excluding hydrogens is 266 g/mol. The first kappa shape index (κ1) is 15.5. The van der Waals surface area contributed by atoms with E-state index in [1.54, 1.807) is 18.7 Å². The molecule has 19 heavy (non-hydrogen) atoms. The minimum absolute atomic E-state index is 0.00202. The number of thioether (sulfide) groups is 1. The molecule has 6 nitrogen and oxygen atoms in total. The van der Waals surface area contributed by atoms with Crippen molar-refractivity contribution in [2.75, 3.05) is 17.3 Å². The highest BCUT2D eigenvalue weighted by Crippen LogP contribution is 2.21. The molecule has 0 heterocycles. The Hall–Kier alpha value is -1.60. The van der Waals surface area contributed by atoms with Crippen LogP contribution in [-0.4, -0.2) is 28.9 Å². The SMILES string of the molecule is CSCC[C@H](N)C(=O)Nc1ccc([N+](=O)[O-])cc1C. The van der Waals surface area contributed by atoms with Gasteiger partial charge in [-0.3, -0.25) is 14.9 Å². The standard InChI is InChI=1S/C12H17N3O3S/c1-8-7-9(15(17)18)3-4-11(8)14-12(16)10(13)5-6-19-2/h3-4,7,10H,5-6,13H2,1-2H3,(H,14,16)/t10-/m0/s1. The van der Waals surface area contributed by atoms with Crippen molar-refractivity contribution in [1.29, 1.82) is 0 Å². The maximum absolute atomic E-state index is 11.8. The number of rotatable bonds is 6. The minimum Gasteiger partial charge on any atom is -0.324 e. The second kappa shape index (κ2) is 7.10. The Balaban J connectivity index is 2.72. The molecule has 0 aliphatic carbocycles. The molecule has 0 aliphatic rings. The number of nitro benzene ring substituents is 1.